The fourth-order valence-corrected chi connectivity index (χ4v) is 3.12. The summed E-state index contributed by atoms with van der Waals surface area (Å²) in [5.41, 5.74) is 3.05. The first-order valence-corrected chi connectivity index (χ1v) is 9.34. The van der Waals surface area contributed by atoms with E-state index in [1.165, 1.54) is 11.7 Å². The first-order chi connectivity index (χ1) is 14.6. The van der Waals surface area contributed by atoms with Gasteiger partial charge in [0.1, 0.15) is 5.69 Å². The average Bonchev–Trinajstić information content (AvgIpc) is 3.38. The summed E-state index contributed by atoms with van der Waals surface area (Å²) in [6.45, 7) is 0. The Morgan fingerprint density at radius 1 is 0.867 bits per heavy atom. The lowest BCUT2D eigenvalue weighted by Crippen LogP contribution is -2.21. The molecule has 150 valence electrons. The van der Waals surface area contributed by atoms with Gasteiger partial charge >= 0.3 is 0 Å². The number of rotatable bonds is 5. The molecule has 0 saturated heterocycles. The van der Waals surface area contributed by atoms with Gasteiger partial charge in [-0.05, 0) is 12.1 Å². The molecule has 0 atom stereocenters. The molecule has 2 aromatic heterocycles. The summed E-state index contributed by atoms with van der Waals surface area (Å²) in [6, 6.07) is 19.0. The van der Waals surface area contributed by atoms with Gasteiger partial charge in [-0.2, -0.15) is 10.2 Å². The van der Waals surface area contributed by atoms with Crippen molar-refractivity contribution in [3.8, 4) is 16.9 Å². The molecule has 2 aromatic carbocycles. The second-order valence-corrected chi connectivity index (χ2v) is 6.64. The number of anilines is 1. The Kier molecular flexibility index (Phi) is 5.13. The van der Waals surface area contributed by atoms with Gasteiger partial charge in [0.2, 0.25) is 0 Å². The van der Waals surface area contributed by atoms with Gasteiger partial charge in [-0.1, -0.05) is 48.5 Å². The zero-order valence-electron chi connectivity index (χ0n) is 16.5. The van der Waals surface area contributed by atoms with Gasteiger partial charge in [-0.25, -0.2) is 4.68 Å². The van der Waals surface area contributed by atoms with E-state index in [1.807, 2.05) is 60.7 Å². The molecule has 0 saturated carbocycles. The van der Waals surface area contributed by atoms with Crippen molar-refractivity contribution in [2.45, 2.75) is 0 Å². The molecule has 0 radical (unpaired) electrons. The van der Waals surface area contributed by atoms with Crippen molar-refractivity contribution in [2.75, 3.05) is 12.4 Å². The number of aromatic nitrogens is 4. The van der Waals surface area contributed by atoms with Crippen LogP contribution in [0.1, 0.15) is 20.8 Å². The predicted molar refractivity (Wildman–Crippen MR) is 114 cm³/mol. The van der Waals surface area contributed by atoms with Gasteiger partial charge < -0.3 is 10.6 Å². The van der Waals surface area contributed by atoms with Crippen LogP contribution in [-0.4, -0.2) is 38.4 Å². The van der Waals surface area contributed by atoms with E-state index in [4.69, 9.17) is 0 Å². The first kappa shape index (κ1) is 19.1. The van der Waals surface area contributed by atoms with Crippen molar-refractivity contribution < 1.29 is 9.59 Å². The molecule has 2 amide bonds. The van der Waals surface area contributed by atoms with Crippen LogP contribution in [0.25, 0.3) is 16.9 Å². The van der Waals surface area contributed by atoms with E-state index in [1.54, 1.807) is 24.1 Å². The molecule has 0 aliphatic rings. The summed E-state index contributed by atoms with van der Waals surface area (Å²) in [7, 11) is 3.20. The normalized spacial score (nSPS) is 10.6. The van der Waals surface area contributed by atoms with Crippen LogP contribution in [0, 0.1) is 0 Å². The van der Waals surface area contributed by atoms with Crippen molar-refractivity contribution in [3.05, 3.63) is 84.3 Å². The average molecular weight is 400 g/mol. The number of para-hydroxylation sites is 1. The largest absolute Gasteiger partial charge is 0.354 e. The third-order valence-electron chi connectivity index (χ3n) is 4.55. The summed E-state index contributed by atoms with van der Waals surface area (Å²) in [5, 5.41) is 14.1. The minimum Gasteiger partial charge on any atom is -0.354 e. The van der Waals surface area contributed by atoms with Crippen molar-refractivity contribution in [2.24, 2.45) is 7.05 Å². The standard InChI is InChI=1S/C22H20N6O2/c1-23-22(30)20-18(14-27(2)25-20)24-21(29)17-13-28(16-11-7-4-8-12-16)26-19(17)15-9-5-3-6-10-15/h3-14H,1-2H3,(H,23,30)(H,24,29). The number of hydrogen-bond acceptors (Lipinski definition) is 4. The Hall–Kier alpha value is -4.20. The van der Waals surface area contributed by atoms with E-state index >= 15 is 0 Å². The first-order valence-electron chi connectivity index (χ1n) is 9.34. The number of nitrogens with one attached hydrogen (secondary N) is 2. The molecular weight excluding hydrogens is 380 g/mol. The number of amides is 2. The van der Waals surface area contributed by atoms with Gasteiger partial charge in [0.25, 0.3) is 11.8 Å². The maximum Gasteiger partial charge on any atom is 0.273 e. The van der Waals surface area contributed by atoms with Gasteiger partial charge in [0.05, 0.1) is 16.9 Å². The van der Waals surface area contributed by atoms with Crippen LogP contribution < -0.4 is 10.6 Å². The maximum atomic E-state index is 13.2. The van der Waals surface area contributed by atoms with Crippen LogP contribution >= 0.6 is 0 Å². The number of hydrogen-bond donors (Lipinski definition) is 2. The smallest absolute Gasteiger partial charge is 0.273 e. The highest BCUT2D eigenvalue weighted by Gasteiger charge is 2.22. The minimum absolute atomic E-state index is 0.144. The quantitative estimate of drug-likeness (QED) is 0.539. The minimum atomic E-state index is -0.380. The molecule has 0 unspecified atom stereocenters. The lowest BCUT2D eigenvalue weighted by Gasteiger charge is -2.05. The topological polar surface area (TPSA) is 93.8 Å². The molecule has 2 heterocycles. The maximum absolute atomic E-state index is 13.2. The summed E-state index contributed by atoms with van der Waals surface area (Å²) in [6.07, 6.45) is 3.27. The van der Waals surface area contributed by atoms with Crippen molar-refractivity contribution in [1.29, 1.82) is 0 Å². The Balaban J connectivity index is 1.75. The fourth-order valence-electron chi connectivity index (χ4n) is 3.12. The SMILES string of the molecule is CNC(=O)c1nn(C)cc1NC(=O)c1cn(-c2ccccc2)nc1-c1ccccc1. The van der Waals surface area contributed by atoms with E-state index < -0.39 is 0 Å². The lowest BCUT2D eigenvalue weighted by molar-refractivity contribution is 0.0958. The number of aryl methyl sites for hydroxylation is 1. The van der Waals surface area contributed by atoms with Gasteiger partial charge in [0, 0.05) is 32.1 Å². The van der Waals surface area contributed by atoms with Crippen molar-refractivity contribution in [1.82, 2.24) is 24.9 Å². The molecule has 2 N–H and O–H groups in total. The number of nitrogens with zero attached hydrogens (tertiary/aromatic N) is 4. The second kappa shape index (κ2) is 8.04. The molecule has 0 aliphatic carbocycles. The zero-order valence-corrected chi connectivity index (χ0v) is 16.5. The molecule has 0 spiro atoms. The Morgan fingerprint density at radius 2 is 1.53 bits per heavy atom. The van der Waals surface area contributed by atoms with E-state index in [2.05, 4.69) is 20.8 Å². The van der Waals surface area contributed by atoms with Gasteiger partial charge in [-0.15, -0.1) is 0 Å². The molecule has 4 aromatic rings. The molecule has 0 fully saturated rings. The molecule has 30 heavy (non-hydrogen) atoms. The third-order valence-corrected chi connectivity index (χ3v) is 4.55. The molecule has 8 heteroatoms. The summed E-state index contributed by atoms with van der Waals surface area (Å²) in [5.74, 6) is -0.761. The summed E-state index contributed by atoms with van der Waals surface area (Å²) >= 11 is 0. The highest BCUT2D eigenvalue weighted by molar-refractivity contribution is 6.10. The van der Waals surface area contributed by atoms with Crippen LogP contribution in [-0.2, 0) is 7.05 Å². The van der Waals surface area contributed by atoms with Crippen LogP contribution in [0.2, 0.25) is 0 Å². The highest BCUT2D eigenvalue weighted by atomic mass is 16.2. The van der Waals surface area contributed by atoms with E-state index in [-0.39, 0.29) is 17.5 Å². The van der Waals surface area contributed by atoms with E-state index in [0.29, 0.717) is 16.9 Å². The zero-order chi connectivity index (χ0) is 21.1. The summed E-state index contributed by atoms with van der Waals surface area (Å²) < 4.78 is 3.14. The fraction of sp³-hybridized carbons (Fsp3) is 0.0909. The molecule has 8 nitrogen and oxygen atoms in total. The van der Waals surface area contributed by atoms with Crippen molar-refractivity contribution >= 4 is 17.5 Å². The number of carbonyl (C=O) groups excluding carboxylic acids is 2. The lowest BCUT2D eigenvalue weighted by atomic mass is 10.1. The van der Waals surface area contributed by atoms with Crippen molar-refractivity contribution in [3.63, 3.8) is 0 Å². The van der Waals surface area contributed by atoms with Gasteiger partial charge in [-0.3, -0.25) is 14.3 Å². The van der Waals surface area contributed by atoms with Crippen LogP contribution in [0.15, 0.2) is 73.1 Å². The predicted octanol–water partition coefficient (Wildman–Crippen LogP) is 2.88. The Morgan fingerprint density at radius 3 is 2.20 bits per heavy atom. The third kappa shape index (κ3) is 3.70. The highest BCUT2D eigenvalue weighted by Crippen LogP contribution is 2.25. The van der Waals surface area contributed by atoms with E-state index in [0.717, 1.165) is 11.3 Å². The molecule has 4 rings (SSSR count). The number of benzene rings is 2. The van der Waals surface area contributed by atoms with E-state index in [9.17, 15) is 9.59 Å². The van der Waals surface area contributed by atoms with Gasteiger partial charge in [0.15, 0.2) is 5.69 Å². The monoisotopic (exact) mass is 400 g/mol. The molecule has 0 bridgehead atoms. The Bertz CT molecular complexity index is 1200. The Labute approximate surface area is 173 Å². The summed E-state index contributed by atoms with van der Waals surface area (Å²) in [4.78, 5) is 25.3. The molecule has 0 aliphatic heterocycles. The number of carbonyl (C=O) groups is 2. The molecular formula is C22H20N6O2. The second-order valence-electron chi connectivity index (χ2n) is 6.64. The van der Waals surface area contributed by atoms with Crippen LogP contribution in [0.3, 0.4) is 0 Å². The van der Waals surface area contributed by atoms with Crippen LogP contribution in [0.4, 0.5) is 5.69 Å². The van der Waals surface area contributed by atoms with Crippen LogP contribution in [0.5, 0.6) is 0 Å².